The molecule has 1 aliphatic rings. The van der Waals surface area contributed by atoms with Crippen molar-refractivity contribution in [1.82, 2.24) is 25.3 Å². The van der Waals surface area contributed by atoms with E-state index in [0.29, 0.717) is 42.7 Å². The first-order chi connectivity index (χ1) is 37.0. The molecule has 0 aliphatic carbocycles. The van der Waals surface area contributed by atoms with Crippen LogP contribution in [0.2, 0.25) is 0 Å². The van der Waals surface area contributed by atoms with Gasteiger partial charge in [0, 0.05) is 40.9 Å². The van der Waals surface area contributed by atoms with E-state index in [2.05, 4.69) is 10.6 Å². The zero-order valence-corrected chi connectivity index (χ0v) is 47.6. The smallest absolute Gasteiger partial charge is 0.410 e. The van der Waals surface area contributed by atoms with E-state index in [1.807, 2.05) is 88.4 Å². The number of hydrogen-bond donors (Lipinski definition) is 3. The predicted octanol–water partition coefficient (Wildman–Crippen LogP) is 9.51. The molecule has 424 valence electrons. The molecule has 0 bridgehead atoms. The summed E-state index contributed by atoms with van der Waals surface area (Å²) in [6.45, 7) is 16.7. The molecule has 1 heterocycles. The van der Waals surface area contributed by atoms with E-state index in [-0.39, 0.29) is 35.6 Å². The Balaban J connectivity index is 1.26. The fourth-order valence-corrected chi connectivity index (χ4v) is 10.5. The normalized spacial score (nSPS) is 17.3. The molecule has 4 aromatic carbocycles. The Labute approximate surface area is 460 Å². The van der Waals surface area contributed by atoms with Crippen molar-refractivity contribution in [3.63, 3.8) is 0 Å². The van der Waals surface area contributed by atoms with Crippen molar-refractivity contribution >= 4 is 35.4 Å². The maximum absolute atomic E-state index is 14.8. The molecule has 5 rings (SSSR count). The highest BCUT2D eigenvalue weighted by Crippen LogP contribution is 2.36. The molecular weight excluding hydrogens is 997 g/mol. The lowest BCUT2D eigenvalue weighted by Crippen LogP contribution is -2.60. The molecule has 0 spiro atoms. The van der Waals surface area contributed by atoms with E-state index in [4.69, 9.17) is 18.9 Å². The summed E-state index contributed by atoms with van der Waals surface area (Å²) in [7, 11) is 6.12. The highest BCUT2D eigenvalue weighted by atomic mass is 16.6. The van der Waals surface area contributed by atoms with Gasteiger partial charge in [0.1, 0.15) is 23.9 Å². The van der Waals surface area contributed by atoms with Gasteiger partial charge in [-0.25, -0.2) is 4.79 Å². The van der Waals surface area contributed by atoms with Crippen LogP contribution in [0.3, 0.4) is 0 Å². The third-order valence-corrected chi connectivity index (χ3v) is 15.2. The number of nitrogens with zero attached hydrogens (tertiary/aromatic N) is 4. The number of nitro benzene ring substituents is 1. The molecule has 18 nitrogen and oxygen atoms in total. The summed E-state index contributed by atoms with van der Waals surface area (Å²) in [5.41, 5.74) is 2.74. The first kappa shape index (κ1) is 62.0. The van der Waals surface area contributed by atoms with Crippen LogP contribution in [-0.2, 0) is 33.4 Å². The van der Waals surface area contributed by atoms with Crippen LogP contribution >= 0.6 is 0 Å². The number of rotatable bonds is 26. The summed E-state index contributed by atoms with van der Waals surface area (Å²) in [5.74, 6) is -2.89. The second kappa shape index (κ2) is 28.7. The predicted molar refractivity (Wildman–Crippen MR) is 298 cm³/mol. The Bertz CT molecular complexity index is 2620. The van der Waals surface area contributed by atoms with Gasteiger partial charge in [-0.2, -0.15) is 0 Å². The third-order valence-electron chi connectivity index (χ3n) is 15.2. The second-order valence-electron chi connectivity index (χ2n) is 21.3. The Hall–Kier alpha value is -6.89. The number of hydrogen-bond acceptors (Lipinski definition) is 12. The number of nitrogens with one attached hydrogen (secondary N) is 2. The Morgan fingerprint density at radius 3 is 1.95 bits per heavy atom. The molecule has 11 atom stereocenters. The Morgan fingerprint density at radius 2 is 1.38 bits per heavy atom. The van der Waals surface area contributed by atoms with Crippen LogP contribution in [0, 0.1) is 33.8 Å². The minimum absolute atomic E-state index is 0.0504. The van der Waals surface area contributed by atoms with Gasteiger partial charge in [-0.3, -0.25) is 34.2 Å². The molecule has 1 fully saturated rings. The van der Waals surface area contributed by atoms with Gasteiger partial charge in [0.2, 0.25) is 29.4 Å². The Kier molecular flexibility index (Phi) is 22.8. The van der Waals surface area contributed by atoms with Crippen molar-refractivity contribution in [3.8, 4) is 22.6 Å². The highest BCUT2D eigenvalue weighted by molar-refractivity contribution is 5.92. The Morgan fingerprint density at radius 1 is 0.769 bits per heavy atom. The number of benzene rings is 4. The van der Waals surface area contributed by atoms with E-state index in [9.17, 15) is 39.2 Å². The van der Waals surface area contributed by atoms with E-state index in [1.54, 1.807) is 75.7 Å². The summed E-state index contributed by atoms with van der Waals surface area (Å²) in [6, 6.07) is 26.4. The molecule has 0 radical (unpaired) electrons. The number of carbonyl (C=O) groups is 5. The van der Waals surface area contributed by atoms with Crippen molar-refractivity contribution in [1.29, 1.82) is 0 Å². The van der Waals surface area contributed by atoms with Gasteiger partial charge in [0.25, 0.3) is 0 Å². The lowest BCUT2D eigenvalue weighted by molar-refractivity contribution is -0.385. The zero-order valence-electron chi connectivity index (χ0n) is 47.6. The fourth-order valence-electron chi connectivity index (χ4n) is 10.5. The van der Waals surface area contributed by atoms with Gasteiger partial charge in [-0.05, 0) is 91.0 Å². The number of aliphatic hydroxyl groups is 1. The number of amides is 5. The average Bonchev–Trinajstić information content (AvgIpc) is 3.94. The van der Waals surface area contributed by atoms with Crippen LogP contribution in [0.4, 0.5) is 10.5 Å². The van der Waals surface area contributed by atoms with Gasteiger partial charge in [0.15, 0.2) is 0 Å². The quantitative estimate of drug-likeness (QED) is 0.0396. The summed E-state index contributed by atoms with van der Waals surface area (Å²) in [5, 5.41) is 28.9. The first-order valence-electron chi connectivity index (χ1n) is 27.0. The van der Waals surface area contributed by atoms with Crippen molar-refractivity contribution in [2.24, 2.45) is 23.7 Å². The number of likely N-dealkylation sites (tertiary alicyclic amines) is 1. The van der Waals surface area contributed by atoms with Gasteiger partial charge in [-0.1, -0.05) is 128 Å². The number of methoxy groups -OCH3 is 2. The number of carbonyl (C=O) groups excluding carboxylic acids is 5. The fraction of sp³-hybridized carbons (Fsp3) is 0.517. The van der Waals surface area contributed by atoms with Gasteiger partial charge in [-0.15, -0.1) is 0 Å². The lowest BCUT2D eigenvalue weighted by atomic mass is 9.89. The number of ether oxygens (including phenoxy) is 4. The van der Waals surface area contributed by atoms with Crippen LogP contribution in [-0.4, -0.2) is 132 Å². The maximum atomic E-state index is 14.8. The molecule has 2 unspecified atom stereocenters. The molecule has 18 heteroatoms. The summed E-state index contributed by atoms with van der Waals surface area (Å²) in [4.78, 5) is 87.2. The minimum Gasteiger partial charge on any atom is -0.450 e. The van der Waals surface area contributed by atoms with E-state index in [1.165, 1.54) is 44.4 Å². The monoisotopic (exact) mass is 1080 g/mol. The molecule has 3 N–H and O–H groups in total. The van der Waals surface area contributed by atoms with Gasteiger partial charge < -0.3 is 44.5 Å². The average molecular weight is 1080 g/mol. The summed E-state index contributed by atoms with van der Waals surface area (Å²) in [6.07, 6.45) is -2.25. The number of nitro groups is 1. The van der Waals surface area contributed by atoms with E-state index < -0.39 is 95.2 Å². The molecule has 1 saturated heterocycles. The van der Waals surface area contributed by atoms with E-state index in [0.717, 1.165) is 11.1 Å². The minimum atomic E-state index is -1.09. The lowest BCUT2D eigenvalue weighted by Gasteiger charge is -2.41. The summed E-state index contributed by atoms with van der Waals surface area (Å²) >= 11 is 0. The summed E-state index contributed by atoms with van der Waals surface area (Å²) < 4.78 is 23.9. The third kappa shape index (κ3) is 15.4. The van der Waals surface area contributed by atoms with Crippen molar-refractivity contribution in [2.45, 2.75) is 143 Å². The van der Waals surface area contributed by atoms with Crippen molar-refractivity contribution in [2.75, 3.05) is 34.9 Å². The van der Waals surface area contributed by atoms with E-state index >= 15 is 0 Å². The first-order valence-corrected chi connectivity index (χ1v) is 27.0. The van der Waals surface area contributed by atoms with Gasteiger partial charge >= 0.3 is 11.8 Å². The number of aliphatic hydroxyl groups excluding tert-OH is 1. The SMILES string of the molecule is CC[C@H](C)C([C@@H](CC(=O)N1CCC[C@H]1[C@H](OC)[C@@H](C)C(=O)N[C@H](C)[C@@H](O)c1ccccc1)OC)N(C)C(=O)[C@@H](NC(=O)[C@H](C(C)C)N(C)C(=O)OC(C)c1ccc([N+](=O)[O-])c(Oc2ccc(-c3ccccc3)cc2)c1)C(C)C. The topological polar surface area (TPSA) is 219 Å². The largest absolute Gasteiger partial charge is 0.450 e. The molecule has 5 amide bonds. The van der Waals surface area contributed by atoms with Crippen molar-refractivity contribution < 1.29 is 52.9 Å². The zero-order chi connectivity index (χ0) is 57.5. The van der Waals surface area contributed by atoms with Crippen LogP contribution in [0.5, 0.6) is 11.5 Å². The van der Waals surface area contributed by atoms with Crippen LogP contribution < -0.4 is 15.4 Å². The van der Waals surface area contributed by atoms with Crippen LogP contribution in [0.15, 0.2) is 103 Å². The van der Waals surface area contributed by atoms with Gasteiger partial charge in [0.05, 0.1) is 53.7 Å². The van der Waals surface area contributed by atoms with Crippen molar-refractivity contribution in [3.05, 3.63) is 124 Å². The molecular formula is C60H82N6O12. The highest BCUT2D eigenvalue weighted by Gasteiger charge is 2.44. The second-order valence-corrected chi connectivity index (χ2v) is 21.3. The standard InChI is InChI=1S/C60H82N6O12/c1-14-38(6)54(50(75-12)35-51(67)65-33-21-26-48(65)56(76-13)39(7)57(69)61-40(8)55(68)44-24-19-16-20-25-44)63(10)59(71)52(36(2)3)62-58(70)53(37(4)5)64(11)60(72)77-41(9)45-29-32-47(66(73)74)49(34-45)78-46-30-27-43(28-31-46)42-22-17-15-18-23-42/h15-20,22-25,27-32,34,36-41,48,50,52-56,68H,14,21,26,33,35H2,1-13H3,(H,61,69)(H,62,70)/t38-,39+,40+,41?,48-,50+,52-,53-,54?,55+,56+/m0/s1. The molecule has 1 aliphatic heterocycles. The van der Waals surface area contributed by atoms with Crippen LogP contribution in [0.1, 0.15) is 111 Å². The molecule has 0 aromatic heterocycles. The molecule has 0 saturated carbocycles. The van der Waals surface area contributed by atoms with Crippen LogP contribution in [0.25, 0.3) is 11.1 Å². The molecule has 78 heavy (non-hydrogen) atoms. The molecule has 4 aromatic rings. The number of likely N-dealkylation sites (N-methyl/N-ethyl adjacent to an activating group) is 2. The maximum Gasteiger partial charge on any atom is 0.410 e.